The fourth-order valence-electron chi connectivity index (χ4n) is 2.15. The monoisotopic (exact) mass is 371 g/mol. The van der Waals surface area contributed by atoms with Gasteiger partial charge in [-0.3, -0.25) is 9.59 Å². The summed E-state index contributed by atoms with van der Waals surface area (Å²) in [6.45, 7) is 0. The van der Waals surface area contributed by atoms with E-state index in [1.807, 2.05) is 0 Å². The summed E-state index contributed by atoms with van der Waals surface area (Å²) >= 11 is 8.77. The lowest BCUT2D eigenvalue weighted by Gasteiger charge is -2.18. The molecule has 1 aliphatic rings. The third kappa shape index (κ3) is 1.98. The van der Waals surface area contributed by atoms with Crippen LogP contribution in [0.15, 0.2) is 34.8 Å². The first-order chi connectivity index (χ1) is 9.93. The summed E-state index contributed by atoms with van der Waals surface area (Å²) in [5, 5.41) is -0.628. The number of nitrogens with zero attached hydrogens (tertiary/aromatic N) is 1. The molecule has 0 atom stereocenters. The molecule has 0 saturated heterocycles. The molecule has 21 heavy (non-hydrogen) atoms. The van der Waals surface area contributed by atoms with Gasteiger partial charge in [0.25, 0.3) is 11.8 Å². The third-order valence-corrected chi connectivity index (χ3v) is 4.06. The molecule has 0 aromatic heterocycles. The Balaban J connectivity index is 2.23. The van der Waals surface area contributed by atoms with Crippen LogP contribution < -0.4 is 4.90 Å². The Bertz CT molecular complexity index is 775. The highest BCUT2D eigenvalue weighted by atomic mass is 79.9. The SMILES string of the molecule is O=C1c2ccccc2C(=O)N1c1c(Br)cc(F)c(F)c1Cl. The second-order valence-electron chi connectivity index (χ2n) is 4.31. The molecule has 3 rings (SSSR count). The van der Waals surface area contributed by atoms with Gasteiger partial charge in [-0.15, -0.1) is 0 Å². The van der Waals surface area contributed by atoms with Crippen molar-refractivity contribution in [3.05, 3.63) is 62.6 Å². The largest absolute Gasteiger partial charge is 0.268 e. The van der Waals surface area contributed by atoms with Crippen molar-refractivity contribution in [3.63, 3.8) is 0 Å². The molecule has 0 radical (unpaired) electrons. The van der Waals surface area contributed by atoms with Crippen LogP contribution in [0.5, 0.6) is 0 Å². The molecule has 2 aromatic carbocycles. The number of anilines is 1. The van der Waals surface area contributed by atoms with E-state index in [9.17, 15) is 18.4 Å². The van der Waals surface area contributed by atoms with E-state index in [2.05, 4.69) is 15.9 Å². The van der Waals surface area contributed by atoms with Gasteiger partial charge < -0.3 is 0 Å². The predicted molar refractivity (Wildman–Crippen MR) is 76.7 cm³/mol. The van der Waals surface area contributed by atoms with Gasteiger partial charge >= 0.3 is 0 Å². The highest BCUT2D eigenvalue weighted by molar-refractivity contribution is 9.10. The fourth-order valence-corrected chi connectivity index (χ4v) is 3.12. The number of hydrogen-bond donors (Lipinski definition) is 0. The van der Waals surface area contributed by atoms with Crippen molar-refractivity contribution in [2.24, 2.45) is 0 Å². The average molecular weight is 373 g/mol. The van der Waals surface area contributed by atoms with E-state index in [4.69, 9.17) is 11.6 Å². The molecule has 0 N–H and O–H groups in total. The highest BCUT2D eigenvalue weighted by Gasteiger charge is 2.39. The summed E-state index contributed by atoms with van der Waals surface area (Å²) in [5.74, 6) is -3.76. The van der Waals surface area contributed by atoms with Crippen LogP contribution in [-0.4, -0.2) is 11.8 Å². The minimum absolute atomic E-state index is 0.0147. The summed E-state index contributed by atoms with van der Waals surface area (Å²) in [6, 6.07) is 7.00. The van der Waals surface area contributed by atoms with Crippen LogP contribution in [0.3, 0.4) is 0 Å². The van der Waals surface area contributed by atoms with E-state index in [1.54, 1.807) is 12.1 Å². The summed E-state index contributed by atoms with van der Waals surface area (Å²) < 4.78 is 26.9. The molecule has 0 fully saturated rings. The first-order valence-electron chi connectivity index (χ1n) is 5.74. The lowest BCUT2D eigenvalue weighted by atomic mass is 10.1. The number of carbonyl (C=O) groups is 2. The second kappa shape index (κ2) is 4.89. The van der Waals surface area contributed by atoms with Crippen LogP contribution in [0.1, 0.15) is 20.7 Å². The molecule has 1 heterocycles. The number of halogens is 4. The molecule has 2 aromatic rings. The van der Waals surface area contributed by atoms with Crippen LogP contribution in [-0.2, 0) is 0 Å². The van der Waals surface area contributed by atoms with Gasteiger partial charge in [-0.2, -0.15) is 0 Å². The van der Waals surface area contributed by atoms with Crippen molar-refractivity contribution >= 4 is 45.0 Å². The van der Waals surface area contributed by atoms with Crippen LogP contribution in [0, 0.1) is 11.6 Å². The maximum atomic E-state index is 13.6. The normalized spacial score (nSPS) is 13.8. The van der Waals surface area contributed by atoms with Crippen LogP contribution in [0.4, 0.5) is 14.5 Å². The lowest BCUT2D eigenvalue weighted by Crippen LogP contribution is -2.30. The number of carbonyl (C=O) groups excluding carboxylic acids is 2. The Hall–Kier alpha value is -1.79. The van der Waals surface area contributed by atoms with Crippen molar-refractivity contribution in [1.29, 1.82) is 0 Å². The number of rotatable bonds is 1. The molecule has 0 spiro atoms. The third-order valence-electron chi connectivity index (χ3n) is 3.11. The number of hydrogen-bond acceptors (Lipinski definition) is 2. The zero-order chi connectivity index (χ0) is 15.3. The summed E-state index contributed by atoms with van der Waals surface area (Å²) in [5.41, 5.74) is 0.173. The molecule has 3 nitrogen and oxygen atoms in total. The number of benzene rings is 2. The van der Waals surface area contributed by atoms with E-state index in [0.717, 1.165) is 11.0 Å². The zero-order valence-corrected chi connectivity index (χ0v) is 12.5. The molecule has 0 bridgehead atoms. The van der Waals surface area contributed by atoms with Crippen molar-refractivity contribution in [2.75, 3.05) is 4.90 Å². The number of amides is 2. The molecule has 1 aliphatic heterocycles. The van der Waals surface area contributed by atoms with E-state index < -0.39 is 28.5 Å². The molecule has 7 heteroatoms. The first-order valence-corrected chi connectivity index (χ1v) is 6.91. The van der Waals surface area contributed by atoms with Gasteiger partial charge in [-0.25, -0.2) is 13.7 Å². The van der Waals surface area contributed by atoms with Gasteiger partial charge in [0.15, 0.2) is 11.6 Å². The highest BCUT2D eigenvalue weighted by Crippen LogP contribution is 2.40. The van der Waals surface area contributed by atoms with Crippen molar-refractivity contribution in [2.45, 2.75) is 0 Å². The number of fused-ring (bicyclic) bond motifs is 1. The Labute approximate surface area is 131 Å². The van der Waals surface area contributed by atoms with Crippen molar-refractivity contribution < 1.29 is 18.4 Å². The standard InChI is InChI=1S/C14H5BrClF2NO2/c15-8-5-9(17)11(18)10(16)12(8)19-13(20)6-3-1-2-4-7(6)14(19)21/h1-5H. The van der Waals surface area contributed by atoms with Gasteiger partial charge in [-0.1, -0.05) is 23.7 Å². The summed E-state index contributed by atoms with van der Waals surface area (Å²) in [4.78, 5) is 25.4. The van der Waals surface area contributed by atoms with E-state index >= 15 is 0 Å². The number of imide groups is 1. The summed E-state index contributed by atoms with van der Waals surface area (Å²) in [7, 11) is 0. The molecule has 0 aliphatic carbocycles. The van der Waals surface area contributed by atoms with E-state index in [0.29, 0.717) is 0 Å². The topological polar surface area (TPSA) is 37.4 Å². The quantitative estimate of drug-likeness (QED) is 0.428. The van der Waals surface area contributed by atoms with E-state index in [-0.39, 0.29) is 21.3 Å². The maximum Gasteiger partial charge on any atom is 0.266 e. The van der Waals surface area contributed by atoms with Crippen LogP contribution >= 0.6 is 27.5 Å². The molecule has 2 amide bonds. The smallest absolute Gasteiger partial charge is 0.266 e. The van der Waals surface area contributed by atoms with Crippen molar-refractivity contribution in [3.8, 4) is 0 Å². The minimum Gasteiger partial charge on any atom is -0.268 e. The second-order valence-corrected chi connectivity index (χ2v) is 5.54. The first kappa shape index (κ1) is 14.2. The zero-order valence-electron chi connectivity index (χ0n) is 10.2. The van der Waals surface area contributed by atoms with E-state index in [1.165, 1.54) is 12.1 Å². The molecular formula is C14H5BrClF2NO2. The fraction of sp³-hybridized carbons (Fsp3) is 0. The Morgan fingerprint density at radius 1 is 1.05 bits per heavy atom. The van der Waals surface area contributed by atoms with Gasteiger partial charge in [0.05, 0.1) is 16.8 Å². The van der Waals surface area contributed by atoms with Crippen LogP contribution in [0.2, 0.25) is 5.02 Å². The Morgan fingerprint density at radius 2 is 1.57 bits per heavy atom. The van der Waals surface area contributed by atoms with Crippen LogP contribution in [0.25, 0.3) is 0 Å². The Kier molecular flexibility index (Phi) is 3.30. The van der Waals surface area contributed by atoms with Crippen molar-refractivity contribution in [1.82, 2.24) is 0 Å². The predicted octanol–water partition coefficient (Wildman–Crippen LogP) is 4.18. The molecule has 0 saturated carbocycles. The van der Waals surface area contributed by atoms with Gasteiger partial charge in [0.1, 0.15) is 5.02 Å². The average Bonchev–Trinajstić information content (AvgIpc) is 2.71. The van der Waals surface area contributed by atoms with Gasteiger partial charge in [-0.05, 0) is 34.1 Å². The van der Waals surface area contributed by atoms with Gasteiger partial charge in [0, 0.05) is 4.47 Å². The minimum atomic E-state index is -1.31. The Morgan fingerprint density at radius 3 is 2.10 bits per heavy atom. The maximum absolute atomic E-state index is 13.6. The van der Waals surface area contributed by atoms with Gasteiger partial charge in [0.2, 0.25) is 0 Å². The molecular weight excluding hydrogens is 368 g/mol. The lowest BCUT2D eigenvalue weighted by molar-refractivity contribution is 0.0926. The summed E-state index contributed by atoms with van der Waals surface area (Å²) in [6.07, 6.45) is 0. The molecule has 0 unspecified atom stereocenters. The molecule has 106 valence electrons.